The topological polar surface area (TPSA) is 94.8 Å². The predicted octanol–water partition coefficient (Wildman–Crippen LogP) is 4.91. The normalized spacial score (nSPS) is 20.6. The first-order chi connectivity index (χ1) is 18.7. The fourth-order valence-corrected chi connectivity index (χ4v) is 7.05. The van der Waals surface area contributed by atoms with Crippen molar-refractivity contribution in [3.8, 4) is 5.75 Å². The highest BCUT2D eigenvalue weighted by Gasteiger charge is 2.48. The quantitative estimate of drug-likeness (QED) is 0.431. The molecule has 3 aliphatic rings. The zero-order valence-corrected chi connectivity index (χ0v) is 24.0. The zero-order chi connectivity index (χ0) is 27.4. The van der Waals surface area contributed by atoms with Crippen LogP contribution >= 0.6 is 23.4 Å². The smallest absolute Gasteiger partial charge is 0.152 e. The third-order valence-corrected chi connectivity index (χ3v) is 10.0. The van der Waals surface area contributed by atoms with E-state index in [2.05, 4.69) is 39.9 Å². The fourth-order valence-electron chi connectivity index (χ4n) is 5.90. The van der Waals surface area contributed by atoms with Gasteiger partial charge in [-0.05, 0) is 26.0 Å². The van der Waals surface area contributed by atoms with Crippen LogP contribution in [0.4, 0.5) is 11.6 Å². The van der Waals surface area contributed by atoms with Gasteiger partial charge in [0.2, 0.25) is 0 Å². The number of halogens is 1. The summed E-state index contributed by atoms with van der Waals surface area (Å²) >= 11 is 8.16. The van der Waals surface area contributed by atoms with Crippen molar-refractivity contribution in [3.05, 3.63) is 59.0 Å². The molecule has 39 heavy (non-hydrogen) atoms. The van der Waals surface area contributed by atoms with Crippen molar-refractivity contribution in [3.63, 3.8) is 0 Å². The third kappa shape index (κ3) is 4.84. The van der Waals surface area contributed by atoms with Crippen molar-refractivity contribution in [2.75, 3.05) is 36.0 Å². The molecule has 0 radical (unpaired) electrons. The van der Waals surface area contributed by atoms with Gasteiger partial charge in [0.05, 0.1) is 23.4 Å². The second-order valence-electron chi connectivity index (χ2n) is 11.4. The number of aromatic nitrogens is 3. The SMILES string of the molecule is C[C@@H]1c2ccccc2OC12CCN(c1ncc(Sc3ccnc(N4CC(C(C)(C)O)C4)c3Cl)nc1CO)CC2. The summed E-state index contributed by atoms with van der Waals surface area (Å²) in [7, 11) is 0. The van der Waals surface area contributed by atoms with E-state index in [4.69, 9.17) is 26.3 Å². The summed E-state index contributed by atoms with van der Waals surface area (Å²) in [6, 6.07) is 10.2. The molecule has 0 saturated carbocycles. The van der Waals surface area contributed by atoms with Crippen molar-refractivity contribution in [1.29, 1.82) is 0 Å². The molecule has 0 bridgehead atoms. The first kappa shape index (κ1) is 26.6. The van der Waals surface area contributed by atoms with E-state index in [0.29, 0.717) is 40.6 Å². The number of ether oxygens (including phenoxy) is 1. The lowest BCUT2D eigenvalue weighted by atomic mass is 9.79. The van der Waals surface area contributed by atoms with E-state index in [1.807, 2.05) is 26.0 Å². The van der Waals surface area contributed by atoms with Gasteiger partial charge in [-0.3, -0.25) is 0 Å². The number of pyridine rings is 1. The summed E-state index contributed by atoms with van der Waals surface area (Å²) in [5.41, 5.74) is 0.922. The lowest BCUT2D eigenvalue weighted by Gasteiger charge is -2.46. The van der Waals surface area contributed by atoms with Crippen LogP contribution in [0.3, 0.4) is 0 Å². The zero-order valence-electron chi connectivity index (χ0n) is 22.5. The second kappa shape index (κ2) is 10.1. The Morgan fingerprint density at radius 1 is 1.10 bits per heavy atom. The standard InChI is InChI=1S/C29H34ClN5O3S/c1-18-20-6-4-5-7-22(20)38-29(18)9-12-34(13-10-29)26-21(17-36)33-24(14-32-26)39-23-8-11-31-27(25(23)30)35-15-19(16-35)28(2,3)37/h4-8,11,14,18-19,36-37H,9-10,12-13,15-17H2,1-3H3/t18-/m1/s1. The predicted molar refractivity (Wildman–Crippen MR) is 153 cm³/mol. The molecule has 0 aliphatic carbocycles. The molecule has 2 N–H and O–H groups in total. The fraction of sp³-hybridized carbons (Fsp3) is 0.483. The highest BCUT2D eigenvalue weighted by atomic mass is 35.5. The number of anilines is 2. The number of aliphatic hydroxyl groups excluding tert-OH is 1. The molecule has 2 fully saturated rings. The second-order valence-corrected chi connectivity index (χ2v) is 12.8. The Labute approximate surface area is 238 Å². The molecular weight excluding hydrogens is 534 g/mol. The number of rotatable bonds is 6. The lowest BCUT2D eigenvalue weighted by molar-refractivity contribution is 0.00437. The minimum absolute atomic E-state index is 0.181. The highest BCUT2D eigenvalue weighted by Crippen LogP contribution is 2.49. The minimum atomic E-state index is -0.727. The van der Waals surface area contributed by atoms with Crippen LogP contribution in [0, 0.1) is 5.92 Å². The van der Waals surface area contributed by atoms with Crippen LogP contribution < -0.4 is 14.5 Å². The van der Waals surface area contributed by atoms with Crippen LogP contribution in [-0.4, -0.2) is 62.5 Å². The summed E-state index contributed by atoms with van der Waals surface area (Å²) in [5, 5.41) is 21.7. The monoisotopic (exact) mass is 567 g/mol. The van der Waals surface area contributed by atoms with E-state index in [9.17, 15) is 10.2 Å². The molecule has 3 aliphatic heterocycles. The molecule has 3 aromatic rings. The Bertz CT molecular complexity index is 1370. The number of aliphatic hydroxyl groups is 2. The van der Waals surface area contributed by atoms with Crippen molar-refractivity contribution in [2.45, 2.75) is 67.3 Å². The highest BCUT2D eigenvalue weighted by molar-refractivity contribution is 7.99. The molecule has 10 heteroatoms. The van der Waals surface area contributed by atoms with E-state index in [0.717, 1.165) is 42.4 Å². The number of benzene rings is 1. The van der Waals surface area contributed by atoms with E-state index in [1.54, 1.807) is 12.4 Å². The number of piperidine rings is 1. The first-order valence-corrected chi connectivity index (χ1v) is 14.7. The molecule has 6 rings (SSSR count). The number of hydrogen-bond acceptors (Lipinski definition) is 9. The Morgan fingerprint density at radius 3 is 2.54 bits per heavy atom. The molecule has 206 valence electrons. The van der Waals surface area contributed by atoms with Gasteiger partial charge in [0.1, 0.15) is 27.9 Å². The number of nitrogens with zero attached hydrogens (tertiary/aromatic N) is 5. The Kier molecular flexibility index (Phi) is 6.90. The Hall–Kier alpha value is -2.59. The van der Waals surface area contributed by atoms with Gasteiger partial charge in [-0.1, -0.05) is 48.5 Å². The Balaban J connectivity index is 1.14. The maximum atomic E-state index is 10.3. The van der Waals surface area contributed by atoms with Crippen molar-refractivity contribution >= 4 is 35.0 Å². The summed E-state index contributed by atoms with van der Waals surface area (Å²) in [6.45, 7) is 8.72. The molecule has 1 aromatic carbocycles. The summed E-state index contributed by atoms with van der Waals surface area (Å²) in [6.07, 6.45) is 5.25. The Morgan fingerprint density at radius 2 is 1.85 bits per heavy atom. The average molecular weight is 568 g/mol. The summed E-state index contributed by atoms with van der Waals surface area (Å²) in [4.78, 5) is 19.1. The van der Waals surface area contributed by atoms with Crippen LogP contribution in [0.2, 0.25) is 5.02 Å². The van der Waals surface area contributed by atoms with Gasteiger partial charge in [0.15, 0.2) is 5.82 Å². The molecule has 1 spiro atoms. The van der Waals surface area contributed by atoms with Crippen LogP contribution in [0.15, 0.2) is 52.6 Å². The summed E-state index contributed by atoms with van der Waals surface area (Å²) < 4.78 is 6.50. The maximum Gasteiger partial charge on any atom is 0.152 e. The third-order valence-electron chi connectivity index (χ3n) is 8.58. The molecule has 1 atom stereocenters. The van der Waals surface area contributed by atoms with E-state index < -0.39 is 5.60 Å². The molecule has 8 nitrogen and oxygen atoms in total. The van der Waals surface area contributed by atoms with Crippen LogP contribution in [0.1, 0.15) is 50.8 Å². The van der Waals surface area contributed by atoms with Gasteiger partial charge in [0, 0.05) is 67.5 Å². The van der Waals surface area contributed by atoms with Gasteiger partial charge in [-0.15, -0.1) is 0 Å². The number of para-hydroxylation sites is 1. The number of fused-ring (bicyclic) bond motifs is 1. The van der Waals surface area contributed by atoms with Gasteiger partial charge in [0.25, 0.3) is 0 Å². The van der Waals surface area contributed by atoms with Gasteiger partial charge < -0.3 is 24.7 Å². The van der Waals surface area contributed by atoms with E-state index in [1.165, 1.54) is 17.3 Å². The molecular formula is C29H34ClN5O3S. The largest absolute Gasteiger partial charge is 0.486 e. The van der Waals surface area contributed by atoms with Gasteiger partial charge in [-0.2, -0.15) is 0 Å². The van der Waals surface area contributed by atoms with Crippen LogP contribution in [0.25, 0.3) is 0 Å². The summed E-state index contributed by atoms with van der Waals surface area (Å²) in [5.74, 6) is 2.95. The van der Waals surface area contributed by atoms with E-state index in [-0.39, 0.29) is 18.1 Å². The number of hydrogen-bond donors (Lipinski definition) is 2. The molecule has 0 unspecified atom stereocenters. The lowest BCUT2D eigenvalue weighted by Crippen LogP contribution is -2.56. The van der Waals surface area contributed by atoms with Crippen molar-refractivity contribution in [1.82, 2.24) is 15.0 Å². The molecule has 0 amide bonds. The van der Waals surface area contributed by atoms with Crippen molar-refractivity contribution < 1.29 is 14.9 Å². The van der Waals surface area contributed by atoms with Gasteiger partial charge >= 0.3 is 0 Å². The maximum absolute atomic E-state index is 10.3. The van der Waals surface area contributed by atoms with Gasteiger partial charge in [-0.25, -0.2) is 15.0 Å². The first-order valence-electron chi connectivity index (χ1n) is 13.5. The minimum Gasteiger partial charge on any atom is -0.486 e. The van der Waals surface area contributed by atoms with E-state index >= 15 is 0 Å². The molecule has 5 heterocycles. The molecule has 2 aromatic heterocycles. The van der Waals surface area contributed by atoms with Crippen LogP contribution in [-0.2, 0) is 6.61 Å². The van der Waals surface area contributed by atoms with Crippen molar-refractivity contribution in [2.24, 2.45) is 5.92 Å². The van der Waals surface area contributed by atoms with Crippen LogP contribution in [0.5, 0.6) is 5.75 Å². The average Bonchev–Trinajstić information content (AvgIpc) is 3.16. The molecule has 2 saturated heterocycles.